The fraction of sp³-hybridized carbons (Fsp3) is 0. The second-order valence-electron chi connectivity index (χ2n) is 11.0. The molecule has 0 fully saturated rings. The highest BCUT2D eigenvalue weighted by molar-refractivity contribution is 7.25. The molecular weight excluding hydrogens is 541 g/mol. The lowest BCUT2D eigenvalue weighted by Gasteiger charge is -2.30. The smallest absolute Gasteiger partial charge is 0.0781 e. The second-order valence-corrected chi connectivity index (χ2v) is 12.1. The summed E-state index contributed by atoms with van der Waals surface area (Å²) < 4.78 is 5.05. The molecule has 9 aromatic rings. The van der Waals surface area contributed by atoms with E-state index in [0.29, 0.717) is 0 Å². The summed E-state index contributed by atoms with van der Waals surface area (Å²) in [7, 11) is 0. The van der Waals surface area contributed by atoms with Crippen molar-refractivity contribution in [3.63, 3.8) is 0 Å². The molecule has 202 valence electrons. The number of benzene rings is 7. The lowest BCUT2D eigenvalue weighted by Crippen LogP contribution is -2.13. The summed E-state index contributed by atoms with van der Waals surface area (Å²) in [6, 6.07) is 57.3. The topological polar surface area (TPSA) is 8.17 Å². The molecule has 2 nitrogen and oxygen atoms in total. The minimum absolute atomic E-state index is 1.13. The van der Waals surface area contributed by atoms with Crippen molar-refractivity contribution in [2.45, 2.75) is 0 Å². The first-order chi connectivity index (χ1) is 21.3. The van der Waals surface area contributed by atoms with Crippen LogP contribution >= 0.6 is 11.3 Å². The summed E-state index contributed by atoms with van der Waals surface area (Å²) in [6.07, 6.45) is 0. The van der Waals surface area contributed by atoms with Gasteiger partial charge in [0.2, 0.25) is 0 Å². The number of fused-ring (bicyclic) bond motifs is 7. The van der Waals surface area contributed by atoms with E-state index in [1.54, 1.807) is 0 Å². The number of para-hydroxylation sites is 3. The minimum atomic E-state index is 1.13. The van der Waals surface area contributed by atoms with Crippen LogP contribution in [0.2, 0.25) is 0 Å². The number of hydrogen-bond donors (Lipinski definition) is 0. The summed E-state index contributed by atoms with van der Waals surface area (Å²) in [5.74, 6) is 0. The van der Waals surface area contributed by atoms with E-state index in [0.717, 1.165) is 22.7 Å². The number of nitrogens with zero attached hydrogens (tertiary/aromatic N) is 2. The molecule has 2 heterocycles. The Morgan fingerprint density at radius 3 is 1.79 bits per heavy atom. The molecule has 9 rings (SSSR count). The third-order valence-corrected chi connectivity index (χ3v) is 9.69. The van der Waals surface area contributed by atoms with Crippen LogP contribution in [-0.4, -0.2) is 4.57 Å². The summed E-state index contributed by atoms with van der Waals surface area (Å²) in [6.45, 7) is 0. The zero-order valence-electron chi connectivity index (χ0n) is 23.3. The minimum Gasteiger partial charge on any atom is -0.308 e. The number of aromatic nitrogens is 1. The van der Waals surface area contributed by atoms with Gasteiger partial charge in [-0.25, -0.2) is 0 Å². The van der Waals surface area contributed by atoms with Gasteiger partial charge in [0.1, 0.15) is 0 Å². The van der Waals surface area contributed by atoms with Crippen molar-refractivity contribution in [3.8, 4) is 5.69 Å². The van der Waals surface area contributed by atoms with Crippen molar-refractivity contribution < 1.29 is 0 Å². The predicted molar refractivity (Wildman–Crippen MR) is 186 cm³/mol. The third kappa shape index (κ3) is 3.72. The molecule has 2 aromatic heterocycles. The van der Waals surface area contributed by atoms with Crippen molar-refractivity contribution in [2.24, 2.45) is 0 Å². The molecule has 0 aliphatic heterocycles. The molecule has 43 heavy (non-hydrogen) atoms. The lowest BCUT2D eigenvalue weighted by atomic mass is 10.0. The Morgan fingerprint density at radius 2 is 1.02 bits per heavy atom. The normalized spacial score (nSPS) is 11.7. The van der Waals surface area contributed by atoms with Crippen molar-refractivity contribution in [1.82, 2.24) is 4.57 Å². The van der Waals surface area contributed by atoms with Gasteiger partial charge in [0, 0.05) is 47.7 Å². The largest absolute Gasteiger partial charge is 0.308 e. The maximum atomic E-state index is 2.45. The molecule has 0 spiro atoms. The van der Waals surface area contributed by atoms with Gasteiger partial charge in [-0.2, -0.15) is 0 Å². The molecule has 0 saturated heterocycles. The molecule has 0 aliphatic rings. The highest BCUT2D eigenvalue weighted by atomic mass is 32.1. The maximum absolute atomic E-state index is 2.45. The van der Waals surface area contributed by atoms with Crippen LogP contribution in [0.25, 0.3) is 58.4 Å². The molecule has 0 unspecified atom stereocenters. The Hall–Kier alpha value is -5.38. The zero-order chi connectivity index (χ0) is 28.3. The zero-order valence-corrected chi connectivity index (χ0v) is 24.1. The van der Waals surface area contributed by atoms with Gasteiger partial charge in [0.05, 0.1) is 22.4 Å². The average molecular weight is 567 g/mol. The third-order valence-electron chi connectivity index (χ3n) is 8.56. The van der Waals surface area contributed by atoms with Crippen LogP contribution in [0.1, 0.15) is 0 Å². The maximum Gasteiger partial charge on any atom is 0.0781 e. The quantitative estimate of drug-likeness (QED) is 0.206. The van der Waals surface area contributed by atoms with Crippen LogP contribution in [0.5, 0.6) is 0 Å². The molecule has 0 atom stereocenters. The molecule has 0 radical (unpaired) electrons. The monoisotopic (exact) mass is 566 g/mol. The molecule has 3 heteroatoms. The van der Waals surface area contributed by atoms with Gasteiger partial charge in [0.25, 0.3) is 0 Å². The van der Waals surface area contributed by atoms with Gasteiger partial charge in [-0.3, -0.25) is 0 Å². The Labute approximate surface area is 253 Å². The van der Waals surface area contributed by atoms with E-state index in [-0.39, 0.29) is 0 Å². The van der Waals surface area contributed by atoms with E-state index in [1.165, 1.54) is 52.8 Å². The molecule has 7 aromatic carbocycles. The van der Waals surface area contributed by atoms with Gasteiger partial charge < -0.3 is 9.47 Å². The molecule has 0 bridgehead atoms. The Bertz CT molecular complexity index is 2410. The predicted octanol–water partition coefficient (Wildman–Crippen LogP) is 11.8. The van der Waals surface area contributed by atoms with Crippen molar-refractivity contribution in [1.29, 1.82) is 0 Å². The first kappa shape index (κ1) is 24.2. The van der Waals surface area contributed by atoms with Crippen LogP contribution in [0.4, 0.5) is 17.1 Å². The number of rotatable bonds is 4. The molecule has 0 amide bonds. The number of anilines is 3. The standard InChI is InChI=1S/C40H26N2S/c1-2-13-28(14-3-1)41(29-23-24-34-33-18-8-11-21-38(33)43-39(34)26-29)40-30-15-5-4-12-27(30)22-25-37(40)42-35-19-9-6-16-31(35)32-17-7-10-20-36(32)42/h1-26H. The molecular formula is C40H26N2S. The van der Waals surface area contributed by atoms with E-state index in [2.05, 4.69) is 167 Å². The van der Waals surface area contributed by atoms with E-state index < -0.39 is 0 Å². The van der Waals surface area contributed by atoms with E-state index in [9.17, 15) is 0 Å². The van der Waals surface area contributed by atoms with Crippen LogP contribution in [0.3, 0.4) is 0 Å². The van der Waals surface area contributed by atoms with Gasteiger partial charge in [-0.1, -0.05) is 109 Å². The van der Waals surface area contributed by atoms with Gasteiger partial charge in [-0.15, -0.1) is 11.3 Å². The number of hydrogen-bond acceptors (Lipinski definition) is 2. The van der Waals surface area contributed by atoms with Gasteiger partial charge in [-0.05, 0) is 53.9 Å². The van der Waals surface area contributed by atoms with Crippen LogP contribution in [-0.2, 0) is 0 Å². The second kappa shape index (κ2) is 9.59. The first-order valence-electron chi connectivity index (χ1n) is 14.6. The van der Waals surface area contributed by atoms with Crippen LogP contribution < -0.4 is 4.90 Å². The van der Waals surface area contributed by atoms with Crippen LogP contribution in [0.15, 0.2) is 158 Å². The Morgan fingerprint density at radius 1 is 0.419 bits per heavy atom. The van der Waals surface area contributed by atoms with E-state index in [4.69, 9.17) is 0 Å². The lowest BCUT2D eigenvalue weighted by molar-refractivity contribution is 1.16. The van der Waals surface area contributed by atoms with Crippen LogP contribution in [0, 0.1) is 0 Å². The summed E-state index contributed by atoms with van der Waals surface area (Å²) in [5, 5.41) is 7.56. The first-order valence-corrected chi connectivity index (χ1v) is 15.4. The highest BCUT2D eigenvalue weighted by Crippen LogP contribution is 2.46. The average Bonchev–Trinajstić information content (AvgIpc) is 3.61. The van der Waals surface area contributed by atoms with Crippen molar-refractivity contribution in [2.75, 3.05) is 4.90 Å². The van der Waals surface area contributed by atoms with Crippen molar-refractivity contribution in [3.05, 3.63) is 158 Å². The Kier molecular flexibility index (Phi) is 5.40. The summed E-state index contributed by atoms with van der Waals surface area (Å²) in [5.41, 5.74) is 6.99. The molecule has 0 saturated carbocycles. The molecule has 0 N–H and O–H groups in total. The van der Waals surface area contributed by atoms with Crippen molar-refractivity contribution >= 4 is 81.1 Å². The summed E-state index contributed by atoms with van der Waals surface area (Å²) in [4.78, 5) is 2.45. The van der Waals surface area contributed by atoms with Gasteiger partial charge in [0.15, 0.2) is 0 Å². The SMILES string of the molecule is c1ccc(N(c2ccc3c(c2)sc2ccccc23)c2c(-n3c4ccccc4c4ccccc43)ccc3ccccc23)cc1. The van der Waals surface area contributed by atoms with E-state index >= 15 is 0 Å². The summed E-state index contributed by atoms with van der Waals surface area (Å²) >= 11 is 1.86. The van der Waals surface area contributed by atoms with E-state index in [1.807, 2.05) is 11.3 Å². The Balaban J connectivity index is 1.41. The number of thiophene rings is 1. The molecule has 0 aliphatic carbocycles. The fourth-order valence-electron chi connectivity index (χ4n) is 6.68. The fourth-order valence-corrected chi connectivity index (χ4v) is 7.82. The highest BCUT2D eigenvalue weighted by Gasteiger charge is 2.23. The van der Waals surface area contributed by atoms with Gasteiger partial charge >= 0.3 is 0 Å².